The average Bonchev–Trinajstić information content (AvgIpc) is 1.61. The summed E-state index contributed by atoms with van der Waals surface area (Å²) >= 11 is 1.56. The third-order valence-electron chi connectivity index (χ3n) is 0.260. The zero-order valence-corrected chi connectivity index (χ0v) is 4.42. The standard InChI is InChI=1S/C4H6OS/c1-3-5-4-6-2/h1H,4H2,2H3. The molecule has 0 spiro atoms. The Morgan fingerprint density at radius 3 is 2.83 bits per heavy atom. The van der Waals surface area contributed by atoms with E-state index >= 15 is 0 Å². The summed E-state index contributed by atoms with van der Waals surface area (Å²) in [6.45, 7) is 0. The van der Waals surface area contributed by atoms with Crippen molar-refractivity contribution in [2.75, 3.05) is 12.2 Å². The highest BCUT2D eigenvalue weighted by molar-refractivity contribution is 7.98. The topological polar surface area (TPSA) is 9.23 Å². The lowest BCUT2D eigenvalue weighted by Crippen LogP contribution is -1.74. The van der Waals surface area contributed by atoms with Gasteiger partial charge in [-0.05, 0) is 6.26 Å². The van der Waals surface area contributed by atoms with Crippen LogP contribution in [0, 0.1) is 12.5 Å². The highest BCUT2D eigenvalue weighted by Gasteiger charge is 1.68. The SMILES string of the molecule is C#COCSC. The molecule has 0 radical (unpaired) electrons. The molecule has 0 atom stereocenters. The summed E-state index contributed by atoms with van der Waals surface area (Å²) in [4.78, 5) is 0. The van der Waals surface area contributed by atoms with Gasteiger partial charge in [0.1, 0.15) is 12.0 Å². The Balaban J connectivity index is 2.54. The molecule has 0 aromatic heterocycles. The molecule has 0 aliphatic heterocycles. The lowest BCUT2D eigenvalue weighted by atomic mass is 11.3. The van der Waals surface area contributed by atoms with E-state index in [2.05, 4.69) is 4.74 Å². The second kappa shape index (κ2) is 4.71. The van der Waals surface area contributed by atoms with E-state index in [-0.39, 0.29) is 0 Å². The number of hydrogen-bond donors (Lipinski definition) is 0. The van der Waals surface area contributed by atoms with E-state index < -0.39 is 0 Å². The van der Waals surface area contributed by atoms with Gasteiger partial charge in [0.15, 0.2) is 0 Å². The van der Waals surface area contributed by atoms with Crippen LogP contribution in [-0.4, -0.2) is 12.2 Å². The number of ether oxygens (including phenoxy) is 1. The Morgan fingerprint density at radius 2 is 2.67 bits per heavy atom. The van der Waals surface area contributed by atoms with Gasteiger partial charge in [-0.15, -0.1) is 11.8 Å². The van der Waals surface area contributed by atoms with Gasteiger partial charge in [-0.25, -0.2) is 0 Å². The van der Waals surface area contributed by atoms with Crippen LogP contribution in [0.1, 0.15) is 0 Å². The minimum absolute atomic E-state index is 0.594. The van der Waals surface area contributed by atoms with E-state index in [0.29, 0.717) is 5.94 Å². The number of thioether (sulfide) groups is 1. The second-order valence-corrected chi connectivity index (χ2v) is 1.48. The molecule has 2 heteroatoms. The summed E-state index contributed by atoms with van der Waals surface area (Å²) in [7, 11) is 0. The van der Waals surface area contributed by atoms with Crippen molar-refractivity contribution < 1.29 is 4.74 Å². The van der Waals surface area contributed by atoms with Gasteiger partial charge in [-0.3, -0.25) is 0 Å². The van der Waals surface area contributed by atoms with E-state index in [1.54, 1.807) is 11.8 Å². The summed E-state index contributed by atoms with van der Waals surface area (Å²) in [5.74, 6) is 0.594. The second-order valence-electron chi connectivity index (χ2n) is 0.669. The van der Waals surface area contributed by atoms with Crippen LogP contribution in [0.15, 0.2) is 0 Å². The first-order valence-corrected chi connectivity index (χ1v) is 2.87. The quantitative estimate of drug-likeness (QED) is 0.291. The average molecular weight is 102 g/mol. The van der Waals surface area contributed by atoms with Gasteiger partial charge < -0.3 is 4.74 Å². The van der Waals surface area contributed by atoms with Crippen molar-refractivity contribution in [3.05, 3.63) is 0 Å². The van der Waals surface area contributed by atoms with Crippen molar-refractivity contribution in [1.82, 2.24) is 0 Å². The van der Waals surface area contributed by atoms with Gasteiger partial charge in [0.05, 0.1) is 0 Å². The maximum atomic E-state index is 4.73. The molecule has 0 bridgehead atoms. The van der Waals surface area contributed by atoms with E-state index in [4.69, 9.17) is 6.42 Å². The molecule has 0 amide bonds. The van der Waals surface area contributed by atoms with E-state index in [1.165, 1.54) is 0 Å². The third kappa shape index (κ3) is 3.71. The number of terminal acetylenes is 1. The predicted octanol–water partition coefficient (Wildman–Crippen LogP) is 0.914. The van der Waals surface area contributed by atoms with Crippen molar-refractivity contribution in [3.63, 3.8) is 0 Å². The molecule has 0 fully saturated rings. The van der Waals surface area contributed by atoms with Crippen molar-refractivity contribution in [3.8, 4) is 12.5 Å². The summed E-state index contributed by atoms with van der Waals surface area (Å²) < 4.78 is 4.47. The lowest BCUT2D eigenvalue weighted by Gasteiger charge is -1.86. The van der Waals surface area contributed by atoms with E-state index in [9.17, 15) is 0 Å². The van der Waals surface area contributed by atoms with Crippen LogP contribution in [-0.2, 0) is 4.74 Å². The fourth-order valence-corrected chi connectivity index (χ4v) is 0.279. The minimum atomic E-state index is 0.594. The maximum Gasteiger partial charge on any atom is 0.145 e. The van der Waals surface area contributed by atoms with Crippen LogP contribution < -0.4 is 0 Å². The summed E-state index contributed by atoms with van der Waals surface area (Å²) in [5, 5.41) is 0. The molecule has 0 rings (SSSR count). The van der Waals surface area contributed by atoms with E-state index in [1.807, 2.05) is 12.4 Å². The molecule has 0 N–H and O–H groups in total. The number of rotatable bonds is 2. The van der Waals surface area contributed by atoms with Gasteiger partial charge in [0.2, 0.25) is 0 Å². The van der Waals surface area contributed by atoms with Crippen LogP contribution in [0.5, 0.6) is 0 Å². The summed E-state index contributed by atoms with van der Waals surface area (Å²) in [6, 6.07) is 0. The monoisotopic (exact) mass is 102 g/mol. The van der Waals surface area contributed by atoms with Crippen LogP contribution in [0.4, 0.5) is 0 Å². The van der Waals surface area contributed by atoms with Gasteiger partial charge in [0.25, 0.3) is 0 Å². The molecular weight excluding hydrogens is 96.1 g/mol. The van der Waals surface area contributed by atoms with Gasteiger partial charge in [-0.2, -0.15) is 0 Å². The van der Waals surface area contributed by atoms with Crippen molar-refractivity contribution in [2.45, 2.75) is 0 Å². The summed E-state index contributed by atoms with van der Waals surface area (Å²) in [6.07, 6.45) is 8.70. The van der Waals surface area contributed by atoms with Crippen LogP contribution >= 0.6 is 11.8 Å². The van der Waals surface area contributed by atoms with Gasteiger partial charge in [0, 0.05) is 0 Å². The first-order chi connectivity index (χ1) is 2.91. The molecule has 34 valence electrons. The van der Waals surface area contributed by atoms with Crippen LogP contribution in [0.3, 0.4) is 0 Å². The molecular formula is C4H6OS. The van der Waals surface area contributed by atoms with E-state index in [0.717, 1.165) is 0 Å². The fourth-order valence-electron chi connectivity index (χ4n) is 0.0929. The molecule has 1 nitrogen and oxygen atoms in total. The first-order valence-electron chi connectivity index (χ1n) is 1.48. The molecule has 0 saturated heterocycles. The Bertz CT molecular complexity index is 55.1. The lowest BCUT2D eigenvalue weighted by molar-refractivity contribution is 0.351. The van der Waals surface area contributed by atoms with Gasteiger partial charge in [-0.1, -0.05) is 6.42 Å². The Kier molecular flexibility index (Phi) is 4.48. The first kappa shape index (κ1) is 5.71. The number of hydrogen-bond acceptors (Lipinski definition) is 2. The molecule has 0 heterocycles. The molecule has 0 unspecified atom stereocenters. The van der Waals surface area contributed by atoms with Crippen LogP contribution in [0.25, 0.3) is 0 Å². The molecule has 0 saturated carbocycles. The fraction of sp³-hybridized carbons (Fsp3) is 0.500. The highest BCUT2D eigenvalue weighted by Crippen LogP contribution is 1.88. The zero-order valence-electron chi connectivity index (χ0n) is 3.60. The predicted molar refractivity (Wildman–Crippen MR) is 28.3 cm³/mol. The Labute approximate surface area is 42.1 Å². The van der Waals surface area contributed by atoms with Crippen LogP contribution in [0.2, 0.25) is 0 Å². The molecule has 6 heavy (non-hydrogen) atoms. The highest BCUT2D eigenvalue weighted by atomic mass is 32.2. The summed E-state index contributed by atoms with van der Waals surface area (Å²) in [5.41, 5.74) is 0. The normalized spacial score (nSPS) is 6.67. The third-order valence-corrected chi connectivity index (χ3v) is 0.614. The molecule has 0 aliphatic carbocycles. The minimum Gasteiger partial charge on any atom is -0.436 e. The van der Waals surface area contributed by atoms with Gasteiger partial charge >= 0.3 is 0 Å². The van der Waals surface area contributed by atoms with Crippen molar-refractivity contribution in [1.29, 1.82) is 0 Å². The maximum absolute atomic E-state index is 4.73. The largest absolute Gasteiger partial charge is 0.436 e. The van der Waals surface area contributed by atoms with Crippen molar-refractivity contribution in [2.24, 2.45) is 0 Å². The molecule has 0 aromatic rings. The smallest absolute Gasteiger partial charge is 0.145 e. The Hall–Kier alpha value is -0.290. The molecule has 0 aliphatic rings. The molecule has 0 aromatic carbocycles. The van der Waals surface area contributed by atoms with Crippen molar-refractivity contribution >= 4 is 11.8 Å². The zero-order chi connectivity index (χ0) is 4.83. The Morgan fingerprint density at radius 1 is 2.00 bits per heavy atom.